The lowest BCUT2D eigenvalue weighted by Crippen LogP contribution is -2.49. The summed E-state index contributed by atoms with van der Waals surface area (Å²) >= 11 is 5.87. The summed E-state index contributed by atoms with van der Waals surface area (Å²) in [6, 6.07) is 7.91. The summed E-state index contributed by atoms with van der Waals surface area (Å²) in [5, 5.41) is 0. The molecule has 0 spiro atoms. The number of carbonyl (C=O) groups is 1. The van der Waals surface area contributed by atoms with Crippen molar-refractivity contribution in [3.63, 3.8) is 0 Å². The Morgan fingerprint density at radius 3 is 2.43 bits per heavy atom. The van der Waals surface area contributed by atoms with Gasteiger partial charge >= 0.3 is 0 Å². The second-order valence-electron chi connectivity index (χ2n) is 6.76. The summed E-state index contributed by atoms with van der Waals surface area (Å²) in [5.41, 5.74) is 2.05. The van der Waals surface area contributed by atoms with Crippen molar-refractivity contribution >= 4 is 17.5 Å². The lowest BCUT2D eigenvalue weighted by atomic mass is 9.86. The van der Waals surface area contributed by atoms with Crippen LogP contribution in [0, 0.1) is 0 Å². The summed E-state index contributed by atoms with van der Waals surface area (Å²) in [6.45, 7) is 9.65. The number of hydrogen-bond donors (Lipinski definition) is 0. The molecule has 0 bridgehead atoms. The van der Waals surface area contributed by atoms with E-state index in [9.17, 15) is 4.79 Å². The van der Waals surface area contributed by atoms with Crippen LogP contribution in [0.1, 0.15) is 43.6 Å². The molecule has 2 unspecified atom stereocenters. The van der Waals surface area contributed by atoms with E-state index < -0.39 is 0 Å². The van der Waals surface area contributed by atoms with Crippen LogP contribution >= 0.6 is 11.6 Å². The van der Waals surface area contributed by atoms with Gasteiger partial charge in [0.05, 0.1) is 18.1 Å². The first-order valence-electron chi connectivity index (χ1n) is 7.42. The zero-order valence-corrected chi connectivity index (χ0v) is 14.0. The van der Waals surface area contributed by atoms with Gasteiger partial charge in [-0.3, -0.25) is 4.79 Å². The lowest BCUT2D eigenvalue weighted by Gasteiger charge is -2.36. The molecule has 3 nitrogen and oxygen atoms in total. The maximum absolute atomic E-state index is 12.6. The Hall–Kier alpha value is -1.06. The van der Waals surface area contributed by atoms with Crippen LogP contribution in [0.4, 0.5) is 0 Å². The molecule has 21 heavy (non-hydrogen) atoms. The summed E-state index contributed by atoms with van der Waals surface area (Å²) in [6.07, 6.45) is -0.0477. The first kappa shape index (κ1) is 16.3. The van der Waals surface area contributed by atoms with Crippen LogP contribution in [0.15, 0.2) is 24.3 Å². The molecule has 1 amide bonds. The van der Waals surface area contributed by atoms with Gasteiger partial charge < -0.3 is 9.64 Å². The second kappa shape index (κ2) is 6.37. The van der Waals surface area contributed by atoms with Crippen LogP contribution in [-0.4, -0.2) is 42.0 Å². The highest BCUT2D eigenvalue weighted by Crippen LogP contribution is 2.23. The summed E-state index contributed by atoms with van der Waals surface area (Å²) in [5.74, 6) is 0.470. The van der Waals surface area contributed by atoms with E-state index in [-0.39, 0.29) is 23.5 Å². The third-order valence-electron chi connectivity index (χ3n) is 3.78. The first-order valence-corrected chi connectivity index (χ1v) is 7.96. The first-order chi connectivity index (χ1) is 9.81. The van der Waals surface area contributed by atoms with Crippen LogP contribution < -0.4 is 0 Å². The van der Waals surface area contributed by atoms with Crippen molar-refractivity contribution in [1.29, 1.82) is 0 Å². The van der Waals surface area contributed by atoms with E-state index >= 15 is 0 Å². The monoisotopic (exact) mass is 309 g/mol. The van der Waals surface area contributed by atoms with E-state index in [1.54, 1.807) is 0 Å². The lowest BCUT2D eigenvalue weighted by molar-refractivity contribution is -0.0570. The van der Waals surface area contributed by atoms with E-state index in [4.69, 9.17) is 16.3 Å². The third-order valence-corrected chi connectivity index (χ3v) is 4.13. The minimum atomic E-state index is -0.0757. The zero-order chi connectivity index (χ0) is 15.6. The molecule has 1 heterocycles. The Balaban J connectivity index is 2.12. The molecule has 0 saturated carbocycles. The van der Waals surface area contributed by atoms with Gasteiger partial charge in [-0.25, -0.2) is 0 Å². The molecule has 116 valence electrons. The van der Waals surface area contributed by atoms with Gasteiger partial charge in [0, 0.05) is 18.7 Å². The largest absolute Gasteiger partial charge is 0.370 e. The third kappa shape index (κ3) is 3.98. The predicted octanol–water partition coefficient (Wildman–Crippen LogP) is 3.45. The standard InChI is InChI=1S/C17H24ClNO2/c1-12-10-19(11-15(9-18)21-12)16(20)13-5-7-14(8-6-13)17(2,3)4/h5-8,12,15H,9-11H2,1-4H3. The Labute approximate surface area is 132 Å². The Kier molecular flexibility index (Phi) is 4.95. The van der Waals surface area contributed by atoms with E-state index in [2.05, 4.69) is 20.8 Å². The molecule has 1 fully saturated rings. The number of hydrogen-bond acceptors (Lipinski definition) is 2. The fourth-order valence-corrected chi connectivity index (χ4v) is 2.76. The van der Waals surface area contributed by atoms with Crippen LogP contribution in [0.2, 0.25) is 0 Å². The molecule has 2 rings (SSSR count). The average molecular weight is 310 g/mol. The second-order valence-corrected chi connectivity index (χ2v) is 7.07. The van der Waals surface area contributed by atoms with Gasteiger partial charge in [-0.2, -0.15) is 0 Å². The van der Waals surface area contributed by atoms with Crippen LogP contribution in [0.3, 0.4) is 0 Å². The highest BCUT2D eigenvalue weighted by Gasteiger charge is 2.28. The summed E-state index contributed by atoms with van der Waals surface area (Å²) in [4.78, 5) is 14.4. The number of nitrogens with zero attached hydrogens (tertiary/aromatic N) is 1. The van der Waals surface area contributed by atoms with Crippen molar-refractivity contribution < 1.29 is 9.53 Å². The number of morpholine rings is 1. The molecule has 4 heteroatoms. The molecule has 0 aliphatic carbocycles. The normalized spacial score (nSPS) is 23.2. The van der Waals surface area contributed by atoms with Gasteiger partial charge in [-0.1, -0.05) is 32.9 Å². The van der Waals surface area contributed by atoms with E-state index in [0.29, 0.717) is 19.0 Å². The van der Waals surface area contributed by atoms with Gasteiger partial charge in [0.2, 0.25) is 0 Å². The molecular formula is C17H24ClNO2. The van der Waals surface area contributed by atoms with Gasteiger partial charge in [0.1, 0.15) is 0 Å². The number of halogens is 1. The van der Waals surface area contributed by atoms with Crippen molar-refractivity contribution in [3.05, 3.63) is 35.4 Å². The van der Waals surface area contributed by atoms with Crippen molar-refractivity contribution in [2.24, 2.45) is 0 Å². The predicted molar refractivity (Wildman–Crippen MR) is 86.1 cm³/mol. The zero-order valence-electron chi connectivity index (χ0n) is 13.2. The minimum absolute atomic E-state index is 0.0281. The van der Waals surface area contributed by atoms with Crippen molar-refractivity contribution in [3.8, 4) is 0 Å². The molecule has 0 radical (unpaired) electrons. The average Bonchev–Trinajstić information content (AvgIpc) is 2.45. The van der Waals surface area contributed by atoms with E-state index in [0.717, 1.165) is 5.56 Å². The summed E-state index contributed by atoms with van der Waals surface area (Å²) < 4.78 is 5.69. The number of rotatable bonds is 2. The maximum atomic E-state index is 12.6. The van der Waals surface area contributed by atoms with Crippen molar-refractivity contribution in [2.45, 2.75) is 45.3 Å². The highest BCUT2D eigenvalue weighted by molar-refractivity contribution is 6.18. The SMILES string of the molecule is CC1CN(C(=O)c2ccc(C(C)(C)C)cc2)CC(CCl)O1. The fraction of sp³-hybridized carbons (Fsp3) is 0.588. The topological polar surface area (TPSA) is 29.5 Å². The molecule has 1 aromatic carbocycles. The Bertz CT molecular complexity index is 493. The van der Waals surface area contributed by atoms with Gasteiger partial charge in [-0.05, 0) is 30.0 Å². The molecule has 1 aromatic rings. The molecule has 0 aromatic heterocycles. The van der Waals surface area contributed by atoms with E-state index in [1.165, 1.54) is 5.56 Å². The minimum Gasteiger partial charge on any atom is -0.370 e. The molecule has 1 aliphatic rings. The quantitative estimate of drug-likeness (QED) is 0.783. The molecule has 0 N–H and O–H groups in total. The smallest absolute Gasteiger partial charge is 0.254 e. The molecule has 1 aliphatic heterocycles. The van der Waals surface area contributed by atoms with Gasteiger partial charge in [0.15, 0.2) is 0 Å². The molecular weight excluding hydrogens is 286 g/mol. The highest BCUT2D eigenvalue weighted by atomic mass is 35.5. The molecule has 2 atom stereocenters. The Morgan fingerprint density at radius 2 is 1.90 bits per heavy atom. The van der Waals surface area contributed by atoms with Crippen molar-refractivity contribution in [2.75, 3.05) is 19.0 Å². The van der Waals surface area contributed by atoms with E-state index in [1.807, 2.05) is 36.1 Å². The van der Waals surface area contributed by atoms with Gasteiger partial charge in [0.25, 0.3) is 5.91 Å². The number of benzene rings is 1. The number of carbonyl (C=O) groups excluding carboxylic acids is 1. The Morgan fingerprint density at radius 1 is 1.29 bits per heavy atom. The van der Waals surface area contributed by atoms with Crippen molar-refractivity contribution in [1.82, 2.24) is 4.90 Å². The number of ether oxygens (including phenoxy) is 1. The fourth-order valence-electron chi connectivity index (χ4n) is 2.59. The van der Waals surface area contributed by atoms with Crippen LogP contribution in [0.25, 0.3) is 0 Å². The van der Waals surface area contributed by atoms with Gasteiger partial charge in [-0.15, -0.1) is 11.6 Å². The van der Waals surface area contributed by atoms with Crippen LogP contribution in [-0.2, 0) is 10.2 Å². The maximum Gasteiger partial charge on any atom is 0.254 e. The molecule has 1 saturated heterocycles. The summed E-state index contributed by atoms with van der Waals surface area (Å²) in [7, 11) is 0. The number of amides is 1. The number of alkyl halides is 1. The van der Waals surface area contributed by atoms with Crippen LogP contribution in [0.5, 0.6) is 0 Å².